The third-order valence-electron chi connectivity index (χ3n) is 6.10. The standard InChI is InChI=1S/C23H36N2O3.ClH/c1-2-3-4-9-18-27-20-14-12-19(13-15-20)24-23(26)28-22-11-6-5-10-21(22)25-16-7-8-17-25;/h12-15,21-22H,2-11,16-18H2,1H3,(H,24,26);1H/t21-,22-;/m0./s1. The van der Waals surface area contributed by atoms with Crippen LogP contribution in [-0.4, -0.2) is 37.9 Å². The molecule has 0 aromatic heterocycles. The zero-order valence-electron chi connectivity index (χ0n) is 17.8. The summed E-state index contributed by atoms with van der Waals surface area (Å²) in [7, 11) is 0. The number of rotatable bonds is 9. The van der Waals surface area contributed by atoms with E-state index in [1.165, 1.54) is 58.0 Å². The van der Waals surface area contributed by atoms with Crippen LogP contribution in [0.25, 0.3) is 0 Å². The monoisotopic (exact) mass is 424 g/mol. The molecular formula is C23H37ClN2O3. The highest BCUT2D eigenvalue weighted by atomic mass is 35.5. The molecule has 1 amide bonds. The van der Waals surface area contributed by atoms with E-state index in [9.17, 15) is 4.79 Å². The number of hydrogen-bond donors (Lipinski definition) is 2. The van der Waals surface area contributed by atoms with Gasteiger partial charge >= 0.3 is 6.09 Å². The fourth-order valence-corrected chi connectivity index (χ4v) is 4.54. The van der Waals surface area contributed by atoms with Gasteiger partial charge in [0, 0.05) is 24.9 Å². The second-order valence-corrected chi connectivity index (χ2v) is 8.26. The van der Waals surface area contributed by atoms with Gasteiger partial charge in [-0.05, 0) is 49.9 Å². The number of carbonyl (C=O) groups excluding carboxylic acids is 1. The maximum absolute atomic E-state index is 12.4. The van der Waals surface area contributed by atoms with Crippen molar-refractivity contribution in [2.75, 3.05) is 25.0 Å². The maximum Gasteiger partial charge on any atom is 0.412 e. The van der Waals surface area contributed by atoms with Gasteiger partial charge in [-0.3, -0.25) is 5.32 Å². The van der Waals surface area contributed by atoms with Crippen LogP contribution >= 0.6 is 0 Å². The van der Waals surface area contributed by atoms with E-state index in [2.05, 4.69) is 12.2 Å². The summed E-state index contributed by atoms with van der Waals surface area (Å²) in [5.41, 5.74) is 0.754. The summed E-state index contributed by atoms with van der Waals surface area (Å²) in [4.78, 5) is 14.1. The van der Waals surface area contributed by atoms with Crippen LogP contribution in [0.15, 0.2) is 24.3 Å². The summed E-state index contributed by atoms with van der Waals surface area (Å²) in [5, 5.41) is 2.89. The van der Waals surface area contributed by atoms with E-state index in [4.69, 9.17) is 9.47 Å². The molecule has 1 saturated carbocycles. The van der Waals surface area contributed by atoms with Crippen molar-refractivity contribution in [3.63, 3.8) is 0 Å². The van der Waals surface area contributed by atoms with E-state index in [0.29, 0.717) is 6.04 Å². The van der Waals surface area contributed by atoms with Crippen LogP contribution in [-0.2, 0) is 4.74 Å². The molecule has 1 heterocycles. The summed E-state index contributed by atoms with van der Waals surface area (Å²) in [6.45, 7) is 5.41. The molecule has 0 unspecified atom stereocenters. The topological polar surface area (TPSA) is 52.0 Å². The Balaban J connectivity index is 0.00000300. The van der Waals surface area contributed by atoms with Gasteiger partial charge in [0.1, 0.15) is 11.8 Å². The summed E-state index contributed by atoms with van der Waals surface area (Å²) in [6.07, 6.45) is 11.7. The fourth-order valence-electron chi connectivity index (χ4n) is 4.54. The fraction of sp³-hybridized carbons (Fsp3) is 0.696. The number of carbonyl (C=O) groups is 1. The van der Waals surface area contributed by atoms with E-state index >= 15 is 0 Å². The number of ether oxygens (including phenoxy) is 2. The molecule has 1 aliphatic carbocycles. The van der Waals surface area contributed by atoms with Crippen LogP contribution < -0.4 is 27.4 Å². The van der Waals surface area contributed by atoms with Crippen LogP contribution in [0.4, 0.5) is 10.5 Å². The Bertz CT molecular complexity index is 590. The molecule has 1 saturated heterocycles. The molecule has 1 aliphatic heterocycles. The first kappa shape index (κ1) is 23.8. The maximum atomic E-state index is 12.4. The van der Waals surface area contributed by atoms with Crippen molar-refractivity contribution in [1.82, 2.24) is 0 Å². The number of halogens is 1. The highest BCUT2D eigenvalue weighted by Crippen LogP contribution is 2.22. The zero-order valence-corrected chi connectivity index (χ0v) is 18.5. The molecule has 2 aliphatic rings. The molecule has 2 N–H and O–H groups in total. The average Bonchev–Trinajstić information content (AvgIpc) is 3.24. The first-order valence-corrected chi connectivity index (χ1v) is 11.3. The molecule has 29 heavy (non-hydrogen) atoms. The Morgan fingerprint density at radius 2 is 1.76 bits per heavy atom. The number of nitrogens with one attached hydrogen (secondary N) is 2. The highest BCUT2D eigenvalue weighted by Gasteiger charge is 2.37. The van der Waals surface area contributed by atoms with Gasteiger partial charge in [0.15, 0.2) is 6.10 Å². The Morgan fingerprint density at radius 3 is 2.48 bits per heavy atom. The molecule has 1 aromatic rings. The number of unbranched alkanes of at least 4 members (excludes halogenated alkanes) is 3. The number of quaternary nitrogens is 1. The molecule has 0 spiro atoms. The van der Waals surface area contributed by atoms with E-state index < -0.39 is 0 Å². The minimum atomic E-state index is -0.330. The second-order valence-electron chi connectivity index (χ2n) is 8.26. The minimum Gasteiger partial charge on any atom is -1.00 e. The predicted molar refractivity (Wildman–Crippen MR) is 112 cm³/mol. The van der Waals surface area contributed by atoms with Gasteiger partial charge in [-0.2, -0.15) is 0 Å². The highest BCUT2D eigenvalue weighted by molar-refractivity contribution is 5.84. The predicted octanol–water partition coefficient (Wildman–Crippen LogP) is 1.19. The van der Waals surface area contributed by atoms with Crippen molar-refractivity contribution >= 4 is 11.8 Å². The number of anilines is 1. The van der Waals surface area contributed by atoms with Crippen LogP contribution in [0.3, 0.4) is 0 Å². The molecule has 5 nitrogen and oxygen atoms in total. The zero-order chi connectivity index (χ0) is 19.6. The minimum absolute atomic E-state index is 0. The Hall–Kier alpha value is -1.46. The van der Waals surface area contributed by atoms with Gasteiger partial charge < -0.3 is 26.8 Å². The first-order chi connectivity index (χ1) is 13.8. The molecule has 1 aromatic carbocycles. The largest absolute Gasteiger partial charge is 1.00 e. The van der Waals surface area contributed by atoms with E-state index in [0.717, 1.165) is 37.3 Å². The van der Waals surface area contributed by atoms with Crippen LogP contribution in [0.1, 0.15) is 71.1 Å². The van der Waals surface area contributed by atoms with Gasteiger partial charge in [-0.25, -0.2) is 4.79 Å². The third-order valence-corrected chi connectivity index (χ3v) is 6.10. The summed E-state index contributed by atoms with van der Waals surface area (Å²) in [5.74, 6) is 0.848. The van der Waals surface area contributed by atoms with E-state index in [-0.39, 0.29) is 24.6 Å². The molecule has 0 bridgehead atoms. The number of hydrogen-bond acceptors (Lipinski definition) is 3. The molecule has 0 radical (unpaired) electrons. The summed E-state index contributed by atoms with van der Waals surface area (Å²) >= 11 is 0. The van der Waals surface area contributed by atoms with Crippen LogP contribution in [0.2, 0.25) is 0 Å². The van der Waals surface area contributed by atoms with Crippen molar-refractivity contribution in [3.8, 4) is 5.75 Å². The van der Waals surface area contributed by atoms with Gasteiger partial charge in [0.25, 0.3) is 0 Å². The van der Waals surface area contributed by atoms with Crippen LogP contribution in [0.5, 0.6) is 5.75 Å². The number of likely N-dealkylation sites (tertiary alicyclic amines) is 1. The van der Waals surface area contributed by atoms with Gasteiger partial charge in [-0.15, -0.1) is 0 Å². The lowest BCUT2D eigenvalue weighted by atomic mass is 9.91. The van der Waals surface area contributed by atoms with Crippen molar-refractivity contribution in [1.29, 1.82) is 0 Å². The van der Waals surface area contributed by atoms with Crippen molar-refractivity contribution in [2.45, 2.75) is 83.3 Å². The van der Waals surface area contributed by atoms with Gasteiger partial charge in [-0.1, -0.05) is 26.2 Å². The van der Waals surface area contributed by atoms with Crippen LogP contribution in [0, 0.1) is 0 Å². The van der Waals surface area contributed by atoms with E-state index in [1.54, 1.807) is 4.90 Å². The summed E-state index contributed by atoms with van der Waals surface area (Å²) in [6, 6.07) is 8.06. The smallest absolute Gasteiger partial charge is 0.412 e. The lowest BCUT2D eigenvalue weighted by Gasteiger charge is -2.34. The average molecular weight is 425 g/mol. The van der Waals surface area contributed by atoms with Crippen molar-refractivity contribution < 1.29 is 31.6 Å². The van der Waals surface area contributed by atoms with Gasteiger partial charge in [0.05, 0.1) is 19.7 Å². The molecule has 2 fully saturated rings. The first-order valence-electron chi connectivity index (χ1n) is 11.3. The molecule has 6 heteroatoms. The van der Waals surface area contributed by atoms with E-state index in [1.807, 2.05) is 24.3 Å². The molecule has 2 atom stereocenters. The normalized spacial score (nSPS) is 22.0. The lowest BCUT2D eigenvalue weighted by Crippen LogP contribution is -3.15. The third kappa shape index (κ3) is 7.71. The molecule has 164 valence electrons. The lowest BCUT2D eigenvalue weighted by molar-refractivity contribution is -0.918. The summed E-state index contributed by atoms with van der Waals surface area (Å²) < 4.78 is 11.6. The van der Waals surface area contributed by atoms with Crippen molar-refractivity contribution in [3.05, 3.63) is 24.3 Å². The SMILES string of the molecule is CCCCCCOc1ccc(NC(=O)O[C@H]2CCCC[C@@H]2[NH+]2CCCC2)cc1.[Cl-]. The molecular weight excluding hydrogens is 388 g/mol. The Morgan fingerprint density at radius 1 is 1.03 bits per heavy atom. The molecule has 3 rings (SSSR count). The number of benzene rings is 1. The number of amides is 1. The quantitative estimate of drug-likeness (QED) is 0.585. The Kier molecular flexibility index (Phi) is 10.6. The Labute approximate surface area is 181 Å². The van der Waals surface area contributed by atoms with Gasteiger partial charge in [0.2, 0.25) is 0 Å². The van der Waals surface area contributed by atoms with Crippen molar-refractivity contribution in [2.24, 2.45) is 0 Å². The second kappa shape index (κ2) is 13.0.